The molecule has 0 saturated heterocycles. The van der Waals surface area contributed by atoms with Crippen molar-refractivity contribution in [1.82, 2.24) is 4.98 Å². The number of carbonyl (C=O) groups is 2. The number of benzene rings is 4. The van der Waals surface area contributed by atoms with Crippen LogP contribution in [-0.4, -0.2) is 16.9 Å². The molecule has 1 atom stereocenters. The van der Waals surface area contributed by atoms with Crippen molar-refractivity contribution in [3.63, 3.8) is 0 Å². The smallest absolute Gasteiger partial charge is 0.340 e. The van der Waals surface area contributed by atoms with Gasteiger partial charge >= 0.3 is 5.97 Å². The van der Waals surface area contributed by atoms with Crippen LogP contribution >= 0.6 is 0 Å². The first-order valence-corrected chi connectivity index (χ1v) is 12.5. The van der Waals surface area contributed by atoms with Crippen LogP contribution in [0.5, 0.6) is 0 Å². The van der Waals surface area contributed by atoms with Gasteiger partial charge in [-0.25, -0.2) is 9.78 Å². The van der Waals surface area contributed by atoms with Gasteiger partial charge < -0.3 is 10.1 Å². The van der Waals surface area contributed by atoms with Crippen molar-refractivity contribution in [3.8, 4) is 11.3 Å². The van der Waals surface area contributed by atoms with Crippen LogP contribution in [0.3, 0.4) is 0 Å². The second kappa shape index (κ2) is 10.7. The number of hydrogen-bond donors (Lipinski definition) is 1. The van der Waals surface area contributed by atoms with E-state index < -0.39 is 18.0 Å². The zero-order valence-corrected chi connectivity index (χ0v) is 21.6. The summed E-state index contributed by atoms with van der Waals surface area (Å²) in [6.07, 6.45) is -1.14. The molecule has 0 fully saturated rings. The number of hydrogen-bond acceptors (Lipinski definition) is 4. The Hall–Kier alpha value is -4.77. The average Bonchev–Trinajstić information content (AvgIpc) is 2.91. The Labute approximate surface area is 222 Å². The van der Waals surface area contributed by atoms with E-state index in [1.54, 1.807) is 18.2 Å². The van der Waals surface area contributed by atoms with Crippen LogP contribution in [0, 0.1) is 20.8 Å². The summed E-state index contributed by atoms with van der Waals surface area (Å²) in [6, 6.07) is 32.0. The molecular weight excluding hydrogens is 472 g/mol. The maximum Gasteiger partial charge on any atom is 0.340 e. The summed E-state index contributed by atoms with van der Waals surface area (Å²) in [7, 11) is 0. The van der Waals surface area contributed by atoms with Crippen molar-refractivity contribution in [3.05, 3.63) is 131 Å². The molecule has 5 nitrogen and oxygen atoms in total. The molecule has 1 aromatic heterocycles. The number of aryl methyl sites for hydroxylation is 3. The minimum absolute atomic E-state index is 0.353. The molecule has 188 valence electrons. The Morgan fingerprint density at radius 1 is 0.737 bits per heavy atom. The van der Waals surface area contributed by atoms with Gasteiger partial charge in [-0.15, -0.1) is 0 Å². The van der Waals surface area contributed by atoms with Gasteiger partial charge in [0, 0.05) is 22.2 Å². The number of esters is 1. The molecule has 0 aliphatic carbocycles. The first-order chi connectivity index (χ1) is 18.4. The topological polar surface area (TPSA) is 68.3 Å². The van der Waals surface area contributed by atoms with Gasteiger partial charge in [-0.1, -0.05) is 84.4 Å². The number of fused-ring (bicyclic) bond motifs is 1. The van der Waals surface area contributed by atoms with E-state index in [0.29, 0.717) is 33.4 Å². The molecule has 0 radical (unpaired) electrons. The van der Waals surface area contributed by atoms with Gasteiger partial charge in [0.05, 0.1) is 16.8 Å². The van der Waals surface area contributed by atoms with E-state index in [1.807, 2.05) is 106 Å². The van der Waals surface area contributed by atoms with Gasteiger partial charge in [0.25, 0.3) is 5.91 Å². The van der Waals surface area contributed by atoms with E-state index in [0.717, 1.165) is 22.3 Å². The molecule has 4 aromatic carbocycles. The lowest BCUT2D eigenvalue weighted by Crippen LogP contribution is -2.26. The standard InChI is InChI=1S/C33H28N2O3/c1-21-13-15-24(16-14-21)30-20-28(27-11-7-8-12-29(27)35-30)33(37)38-31(25-9-5-4-6-10-25)32(36)34-26-18-22(2)17-23(3)19-26/h4-20,31H,1-3H3,(H,34,36). The van der Waals surface area contributed by atoms with E-state index >= 15 is 0 Å². The minimum atomic E-state index is -1.14. The highest BCUT2D eigenvalue weighted by Crippen LogP contribution is 2.28. The number of aromatic nitrogens is 1. The molecule has 5 heteroatoms. The van der Waals surface area contributed by atoms with Crippen molar-refractivity contribution >= 4 is 28.5 Å². The van der Waals surface area contributed by atoms with Crippen LogP contribution in [0.15, 0.2) is 103 Å². The van der Waals surface area contributed by atoms with E-state index in [9.17, 15) is 9.59 Å². The molecule has 1 amide bonds. The minimum Gasteiger partial charge on any atom is -0.444 e. The second-order valence-corrected chi connectivity index (χ2v) is 9.50. The molecule has 0 aliphatic heterocycles. The Kier molecular flexibility index (Phi) is 7.00. The van der Waals surface area contributed by atoms with Gasteiger partial charge in [0.15, 0.2) is 0 Å². The molecule has 0 saturated carbocycles. The third kappa shape index (κ3) is 5.47. The van der Waals surface area contributed by atoms with E-state index in [-0.39, 0.29) is 0 Å². The molecule has 1 unspecified atom stereocenters. The number of para-hydroxylation sites is 1. The first-order valence-electron chi connectivity index (χ1n) is 12.5. The van der Waals surface area contributed by atoms with Crippen LogP contribution in [0.25, 0.3) is 22.2 Å². The Morgan fingerprint density at radius 3 is 2.11 bits per heavy atom. The lowest BCUT2D eigenvalue weighted by Gasteiger charge is -2.19. The number of pyridine rings is 1. The predicted molar refractivity (Wildman–Crippen MR) is 151 cm³/mol. The predicted octanol–water partition coefficient (Wildman–Crippen LogP) is 7.36. The van der Waals surface area contributed by atoms with Crippen LogP contribution in [0.4, 0.5) is 5.69 Å². The number of nitrogens with zero attached hydrogens (tertiary/aromatic N) is 1. The summed E-state index contributed by atoms with van der Waals surface area (Å²) in [5, 5.41) is 3.59. The highest BCUT2D eigenvalue weighted by molar-refractivity contribution is 6.06. The molecule has 0 spiro atoms. The van der Waals surface area contributed by atoms with Crippen molar-refractivity contribution in [2.24, 2.45) is 0 Å². The maximum atomic E-state index is 13.7. The van der Waals surface area contributed by atoms with Crippen LogP contribution in [0.2, 0.25) is 0 Å². The van der Waals surface area contributed by atoms with Crippen molar-refractivity contribution in [1.29, 1.82) is 0 Å². The number of amides is 1. The average molecular weight is 501 g/mol. The fraction of sp³-hybridized carbons (Fsp3) is 0.121. The normalized spacial score (nSPS) is 11.7. The Balaban J connectivity index is 1.52. The number of rotatable bonds is 6. The Morgan fingerprint density at radius 2 is 1.39 bits per heavy atom. The highest BCUT2D eigenvalue weighted by Gasteiger charge is 2.27. The lowest BCUT2D eigenvalue weighted by atomic mass is 10.0. The molecule has 1 heterocycles. The molecule has 38 heavy (non-hydrogen) atoms. The largest absolute Gasteiger partial charge is 0.444 e. The summed E-state index contributed by atoms with van der Waals surface area (Å²) < 4.78 is 5.96. The summed E-state index contributed by atoms with van der Waals surface area (Å²) in [5.74, 6) is -1.02. The molecule has 5 rings (SSSR count). The monoisotopic (exact) mass is 500 g/mol. The molecule has 0 aliphatic rings. The van der Waals surface area contributed by atoms with Crippen LogP contribution in [0.1, 0.15) is 38.7 Å². The number of nitrogens with one attached hydrogen (secondary N) is 1. The fourth-order valence-corrected chi connectivity index (χ4v) is 4.54. The highest BCUT2D eigenvalue weighted by atomic mass is 16.5. The second-order valence-electron chi connectivity index (χ2n) is 9.50. The zero-order chi connectivity index (χ0) is 26.6. The summed E-state index contributed by atoms with van der Waals surface area (Å²) in [4.78, 5) is 32.0. The third-order valence-corrected chi connectivity index (χ3v) is 6.34. The van der Waals surface area contributed by atoms with Crippen LogP contribution in [-0.2, 0) is 9.53 Å². The van der Waals surface area contributed by atoms with E-state index in [4.69, 9.17) is 9.72 Å². The fourth-order valence-electron chi connectivity index (χ4n) is 4.54. The van der Waals surface area contributed by atoms with Crippen molar-refractivity contribution in [2.45, 2.75) is 26.9 Å². The van der Waals surface area contributed by atoms with Gasteiger partial charge in [-0.05, 0) is 56.2 Å². The Bertz CT molecular complexity index is 1610. The van der Waals surface area contributed by atoms with Crippen molar-refractivity contribution < 1.29 is 14.3 Å². The molecular formula is C33H28N2O3. The maximum absolute atomic E-state index is 13.7. The number of carbonyl (C=O) groups excluding carboxylic acids is 2. The zero-order valence-electron chi connectivity index (χ0n) is 21.6. The summed E-state index contributed by atoms with van der Waals surface area (Å²) in [6.45, 7) is 5.96. The summed E-state index contributed by atoms with van der Waals surface area (Å²) in [5.41, 5.74) is 7.00. The van der Waals surface area contributed by atoms with Gasteiger partial charge in [0.2, 0.25) is 6.10 Å². The van der Waals surface area contributed by atoms with Crippen LogP contribution < -0.4 is 5.32 Å². The van der Waals surface area contributed by atoms with Gasteiger partial charge in [-0.3, -0.25) is 4.79 Å². The van der Waals surface area contributed by atoms with Crippen molar-refractivity contribution in [2.75, 3.05) is 5.32 Å². The third-order valence-electron chi connectivity index (χ3n) is 6.34. The van der Waals surface area contributed by atoms with E-state index in [1.165, 1.54) is 0 Å². The number of anilines is 1. The molecule has 5 aromatic rings. The van der Waals surface area contributed by atoms with Gasteiger partial charge in [0.1, 0.15) is 0 Å². The van der Waals surface area contributed by atoms with E-state index in [2.05, 4.69) is 5.32 Å². The summed E-state index contributed by atoms with van der Waals surface area (Å²) >= 11 is 0. The SMILES string of the molecule is Cc1ccc(-c2cc(C(=O)OC(C(=O)Nc3cc(C)cc(C)c3)c3ccccc3)c3ccccc3n2)cc1. The lowest BCUT2D eigenvalue weighted by molar-refractivity contribution is -0.125. The first kappa shape index (κ1) is 24.9. The quantitative estimate of drug-likeness (QED) is 0.247. The molecule has 0 bridgehead atoms. The number of ether oxygens (including phenoxy) is 1. The molecule has 1 N–H and O–H groups in total. The van der Waals surface area contributed by atoms with Gasteiger partial charge in [-0.2, -0.15) is 0 Å².